The topological polar surface area (TPSA) is 99.3 Å². The van der Waals surface area contributed by atoms with Gasteiger partial charge in [-0.15, -0.1) is 0 Å². The lowest BCUT2D eigenvalue weighted by atomic mass is 10.0. The van der Waals surface area contributed by atoms with Gasteiger partial charge in [0.1, 0.15) is 18.4 Å². The van der Waals surface area contributed by atoms with Crippen molar-refractivity contribution in [2.45, 2.75) is 12.6 Å². The van der Waals surface area contributed by atoms with Crippen molar-refractivity contribution >= 4 is 52.2 Å². The van der Waals surface area contributed by atoms with Crippen molar-refractivity contribution < 1.29 is 28.3 Å². The molecule has 6 rings (SSSR count). The molecule has 11 heteroatoms. The van der Waals surface area contributed by atoms with E-state index >= 15 is 4.39 Å². The van der Waals surface area contributed by atoms with Gasteiger partial charge in [0.2, 0.25) is 5.91 Å². The summed E-state index contributed by atoms with van der Waals surface area (Å²) in [4.78, 5) is 58.5. The Bertz CT molecular complexity index is 1780. The van der Waals surface area contributed by atoms with Crippen LogP contribution in [0.2, 0.25) is 5.02 Å². The highest BCUT2D eigenvalue weighted by atomic mass is 35.5. The molecular weight excluding hydrogens is 611 g/mol. The standard InChI is InChI=1S/C35H30ClFN4O5/c36-25-11-9-23(10-12-25)32(34(44)38-26-13-15-27(16-14-26)39-17-19-46-20-18-39)41(21-24-5-1-3-7-29(24)37)31(42)22-40-30-8-4-2-6-28(30)33(43)35(40)45/h1-16,32H,17-22H2,(H,38,44). The number of morpholine rings is 1. The maximum Gasteiger partial charge on any atom is 0.299 e. The van der Waals surface area contributed by atoms with Gasteiger partial charge in [-0.2, -0.15) is 0 Å². The van der Waals surface area contributed by atoms with Gasteiger partial charge >= 0.3 is 0 Å². The summed E-state index contributed by atoms with van der Waals surface area (Å²) in [6.07, 6.45) is 0. The Kier molecular flexibility index (Phi) is 9.09. The molecule has 0 spiro atoms. The Morgan fingerprint density at radius 1 is 0.891 bits per heavy atom. The molecule has 4 aromatic carbocycles. The summed E-state index contributed by atoms with van der Waals surface area (Å²) in [5.74, 6) is -3.37. The summed E-state index contributed by atoms with van der Waals surface area (Å²) in [5, 5.41) is 3.33. The van der Waals surface area contributed by atoms with Gasteiger partial charge in [0.05, 0.1) is 24.5 Å². The highest BCUT2D eigenvalue weighted by molar-refractivity contribution is 6.52. The van der Waals surface area contributed by atoms with Crippen LogP contribution in [0.1, 0.15) is 27.5 Å². The van der Waals surface area contributed by atoms with E-state index in [4.69, 9.17) is 16.3 Å². The zero-order valence-corrected chi connectivity index (χ0v) is 25.5. The lowest BCUT2D eigenvalue weighted by Gasteiger charge is -2.33. The van der Waals surface area contributed by atoms with Crippen LogP contribution in [0.4, 0.5) is 21.5 Å². The number of ether oxygens (including phenoxy) is 1. The van der Waals surface area contributed by atoms with Crippen LogP contribution in [0.5, 0.6) is 0 Å². The number of carbonyl (C=O) groups excluding carboxylic acids is 4. The molecule has 1 N–H and O–H groups in total. The van der Waals surface area contributed by atoms with E-state index in [0.29, 0.717) is 35.2 Å². The van der Waals surface area contributed by atoms with Crippen LogP contribution in [-0.2, 0) is 25.7 Å². The number of ketones is 1. The van der Waals surface area contributed by atoms with Crippen LogP contribution >= 0.6 is 11.6 Å². The molecule has 0 radical (unpaired) electrons. The van der Waals surface area contributed by atoms with Crippen LogP contribution in [0.3, 0.4) is 0 Å². The normalized spacial score (nSPS) is 15.0. The smallest absolute Gasteiger partial charge is 0.299 e. The van der Waals surface area contributed by atoms with Crippen molar-refractivity contribution in [2.24, 2.45) is 0 Å². The number of hydrogen-bond donors (Lipinski definition) is 1. The van der Waals surface area contributed by atoms with Crippen molar-refractivity contribution in [1.82, 2.24) is 4.90 Å². The second-order valence-electron chi connectivity index (χ2n) is 10.9. The van der Waals surface area contributed by atoms with Gasteiger partial charge in [-0.25, -0.2) is 4.39 Å². The molecule has 1 atom stereocenters. The number of carbonyl (C=O) groups is 4. The molecule has 0 saturated carbocycles. The average Bonchev–Trinajstić information content (AvgIpc) is 3.31. The van der Waals surface area contributed by atoms with E-state index < -0.39 is 41.9 Å². The van der Waals surface area contributed by atoms with Gasteiger partial charge in [0.25, 0.3) is 17.6 Å². The maximum atomic E-state index is 15.0. The number of nitrogens with one attached hydrogen (secondary N) is 1. The molecule has 9 nitrogen and oxygen atoms in total. The monoisotopic (exact) mass is 640 g/mol. The van der Waals surface area contributed by atoms with Gasteiger partial charge in [-0.1, -0.05) is 54.1 Å². The summed E-state index contributed by atoms with van der Waals surface area (Å²) in [6, 6.07) is 24.9. The number of amides is 3. The quantitative estimate of drug-likeness (QED) is 0.251. The predicted molar refractivity (Wildman–Crippen MR) is 172 cm³/mol. The van der Waals surface area contributed by atoms with Crippen LogP contribution in [0, 0.1) is 5.82 Å². The SMILES string of the molecule is O=C1C(=O)N(CC(=O)N(Cc2ccccc2F)C(C(=O)Nc2ccc(N3CCOCC3)cc2)c2ccc(Cl)cc2)c2ccccc21. The van der Waals surface area contributed by atoms with Gasteiger partial charge in [0, 0.05) is 41.6 Å². The van der Waals surface area contributed by atoms with Crippen molar-refractivity contribution in [1.29, 1.82) is 0 Å². The second kappa shape index (κ2) is 13.5. The average molecular weight is 641 g/mol. The van der Waals surface area contributed by atoms with Crippen LogP contribution < -0.4 is 15.1 Å². The van der Waals surface area contributed by atoms with Crippen molar-refractivity contribution in [3.8, 4) is 0 Å². The van der Waals surface area contributed by atoms with E-state index in [1.807, 2.05) is 12.1 Å². The van der Waals surface area contributed by atoms with Crippen LogP contribution in [0.25, 0.3) is 0 Å². The first kappa shape index (κ1) is 30.9. The van der Waals surface area contributed by atoms with Crippen LogP contribution in [0.15, 0.2) is 97.1 Å². The zero-order chi connectivity index (χ0) is 32.2. The molecule has 2 heterocycles. The first-order chi connectivity index (χ1) is 22.3. The molecule has 4 aromatic rings. The predicted octanol–water partition coefficient (Wildman–Crippen LogP) is 5.25. The molecule has 1 fully saturated rings. The van der Waals surface area contributed by atoms with Gasteiger partial charge < -0.3 is 19.9 Å². The van der Waals surface area contributed by atoms with E-state index in [9.17, 15) is 19.2 Å². The Morgan fingerprint density at radius 3 is 2.28 bits per heavy atom. The van der Waals surface area contributed by atoms with E-state index in [-0.39, 0.29) is 17.7 Å². The molecule has 46 heavy (non-hydrogen) atoms. The third kappa shape index (κ3) is 6.49. The first-order valence-electron chi connectivity index (χ1n) is 14.8. The molecule has 2 aliphatic heterocycles. The van der Waals surface area contributed by atoms with E-state index in [1.165, 1.54) is 29.2 Å². The fourth-order valence-corrected chi connectivity index (χ4v) is 5.80. The minimum absolute atomic E-state index is 0.168. The number of halogens is 2. The summed E-state index contributed by atoms with van der Waals surface area (Å²) in [5.41, 5.74) is 2.55. The van der Waals surface area contributed by atoms with E-state index in [2.05, 4.69) is 10.2 Å². The number of benzene rings is 4. The molecule has 234 valence electrons. The summed E-state index contributed by atoms with van der Waals surface area (Å²) < 4.78 is 20.4. The Morgan fingerprint density at radius 2 is 1.57 bits per heavy atom. The number of para-hydroxylation sites is 1. The second-order valence-corrected chi connectivity index (χ2v) is 11.4. The third-order valence-electron chi connectivity index (χ3n) is 8.05. The summed E-state index contributed by atoms with van der Waals surface area (Å²) >= 11 is 6.17. The largest absolute Gasteiger partial charge is 0.378 e. The Hall–Kier alpha value is -5.06. The minimum atomic E-state index is -1.26. The molecular formula is C35H30ClFN4O5. The summed E-state index contributed by atoms with van der Waals surface area (Å²) in [7, 11) is 0. The molecule has 0 bridgehead atoms. The highest BCUT2D eigenvalue weighted by Gasteiger charge is 2.39. The fraction of sp³-hybridized carbons (Fsp3) is 0.200. The van der Waals surface area contributed by atoms with Crippen molar-refractivity contribution in [3.63, 3.8) is 0 Å². The molecule has 0 aliphatic carbocycles. The molecule has 1 unspecified atom stereocenters. The van der Waals surface area contributed by atoms with Gasteiger partial charge in [0.15, 0.2) is 0 Å². The Balaban J connectivity index is 1.34. The summed E-state index contributed by atoms with van der Waals surface area (Å²) in [6.45, 7) is 1.95. The maximum absolute atomic E-state index is 15.0. The number of rotatable bonds is 9. The third-order valence-corrected chi connectivity index (χ3v) is 8.30. The first-order valence-corrected chi connectivity index (χ1v) is 15.1. The Labute approximate surface area is 270 Å². The molecule has 1 saturated heterocycles. The number of nitrogens with zero attached hydrogens (tertiary/aromatic N) is 3. The number of Topliss-reactive ketones (excluding diaryl/α,β-unsaturated/α-hetero) is 1. The fourth-order valence-electron chi connectivity index (χ4n) is 5.67. The van der Waals surface area contributed by atoms with Gasteiger partial charge in [-0.3, -0.25) is 24.1 Å². The van der Waals surface area contributed by atoms with Crippen molar-refractivity contribution in [3.05, 3.63) is 125 Å². The number of hydrogen-bond acceptors (Lipinski definition) is 6. The lowest BCUT2D eigenvalue weighted by Crippen LogP contribution is -2.46. The molecule has 2 aliphatic rings. The molecule has 0 aromatic heterocycles. The van der Waals surface area contributed by atoms with Crippen LogP contribution in [-0.4, -0.2) is 61.3 Å². The zero-order valence-electron chi connectivity index (χ0n) is 24.7. The van der Waals surface area contributed by atoms with E-state index in [0.717, 1.165) is 23.7 Å². The minimum Gasteiger partial charge on any atom is -0.378 e. The van der Waals surface area contributed by atoms with Gasteiger partial charge in [-0.05, 0) is 60.2 Å². The van der Waals surface area contributed by atoms with E-state index in [1.54, 1.807) is 60.7 Å². The lowest BCUT2D eigenvalue weighted by molar-refractivity contribution is -0.139. The number of anilines is 3. The molecule has 3 amide bonds. The highest BCUT2D eigenvalue weighted by Crippen LogP contribution is 2.31. The number of fused-ring (bicyclic) bond motifs is 1. The van der Waals surface area contributed by atoms with Crippen molar-refractivity contribution in [2.75, 3.05) is 48.0 Å².